The molecule has 1 N–H and O–H groups in total. The van der Waals surface area contributed by atoms with Crippen LogP contribution >= 0.6 is 11.3 Å². The van der Waals surface area contributed by atoms with E-state index in [1.165, 1.54) is 11.3 Å². The summed E-state index contributed by atoms with van der Waals surface area (Å²) in [5.41, 5.74) is 0.772. The van der Waals surface area contributed by atoms with Crippen molar-refractivity contribution in [3.63, 3.8) is 0 Å². The normalized spacial score (nSPS) is 23.3. The minimum atomic E-state index is -0.817. The first-order chi connectivity index (χ1) is 8.49. The number of likely N-dealkylation sites (tertiary alicyclic amines) is 1. The molecule has 2 rings (SSSR count). The maximum absolute atomic E-state index is 12.1. The number of aryl methyl sites for hydroxylation is 1. The molecule has 0 radical (unpaired) electrons. The summed E-state index contributed by atoms with van der Waals surface area (Å²) in [5.74, 6) is -1.29. The van der Waals surface area contributed by atoms with Gasteiger partial charge in [-0.1, -0.05) is 0 Å². The Morgan fingerprint density at radius 3 is 2.83 bits per heavy atom. The highest BCUT2D eigenvalue weighted by Crippen LogP contribution is 2.25. The number of carboxylic acid groups (broad SMARTS) is 1. The van der Waals surface area contributed by atoms with Gasteiger partial charge in [0, 0.05) is 18.0 Å². The van der Waals surface area contributed by atoms with Gasteiger partial charge in [-0.05, 0) is 20.3 Å². The monoisotopic (exact) mass is 268 g/mol. The van der Waals surface area contributed by atoms with Gasteiger partial charge in [0.05, 0.1) is 23.0 Å². The van der Waals surface area contributed by atoms with Gasteiger partial charge in [-0.25, -0.2) is 4.98 Å². The standard InChI is InChI=1S/C12H16N2O3S/c1-7-10(12(16)17)3-4-14(7)11(15)5-9-6-18-8(2)13-9/h6-7,10H,3-5H2,1-2H3,(H,16,17). The summed E-state index contributed by atoms with van der Waals surface area (Å²) in [6.07, 6.45) is 0.805. The Balaban J connectivity index is 2.00. The maximum atomic E-state index is 12.1. The van der Waals surface area contributed by atoms with Crippen LogP contribution in [0.2, 0.25) is 0 Å². The van der Waals surface area contributed by atoms with Crippen LogP contribution in [0.15, 0.2) is 5.38 Å². The van der Waals surface area contributed by atoms with Crippen molar-refractivity contribution in [2.75, 3.05) is 6.54 Å². The van der Waals surface area contributed by atoms with Gasteiger partial charge in [0.15, 0.2) is 0 Å². The first-order valence-electron chi connectivity index (χ1n) is 5.92. The van der Waals surface area contributed by atoms with Crippen LogP contribution in [-0.2, 0) is 16.0 Å². The number of aromatic nitrogens is 1. The van der Waals surface area contributed by atoms with Crippen LogP contribution in [0, 0.1) is 12.8 Å². The second-order valence-electron chi connectivity index (χ2n) is 4.60. The molecule has 0 aliphatic carbocycles. The Hall–Kier alpha value is -1.43. The number of carbonyl (C=O) groups is 2. The Labute approximate surface area is 109 Å². The molecule has 0 saturated carbocycles. The fourth-order valence-electron chi connectivity index (χ4n) is 2.37. The lowest BCUT2D eigenvalue weighted by molar-refractivity contribution is -0.143. The number of hydrogen-bond donors (Lipinski definition) is 1. The fraction of sp³-hybridized carbons (Fsp3) is 0.583. The molecule has 98 valence electrons. The molecule has 2 atom stereocenters. The summed E-state index contributed by atoms with van der Waals surface area (Å²) in [6.45, 7) is 4.23. The summed E-state index contributed by atoms with van der Waals surface area (Å²) >= 11 is 1.52. The molecular weight excluding hydrogens is 252 g/mol. The predicted molar refractivity (Wildman–Crippen MR) is 67.5 cm³/mol. The fourth-order valence-corrected chi connectivity index (χ4v) is 2.98. The van der Waals surface area contributed by atoms with Gasteiger partial charge >= 0.3 is 5.97 Å². The molecule has 1 aliphatic heterocycles. The van der Waals surface area contributed by atoms with E-state index < -0.39 is 11.9 Å². The maximum Gasteiger partial charge on any atom is 0.308 e. The summed E-state index contributed by atoms with van der Waals surface area (Å²) in [5, 5.41) is 11.8. The molecular formula is C12H16N2O3S. The van der Waals surface area contributed by atoms with Crippen molar-refractivity contribution in [1.82, 2.24) is 9.88 Å². The highest BCUT2D eigenvalue weighted by atomic mass is 32.1. The molecule has 1 aromatic heterocycles. The number of nitrogens with zero attached hydrogens (tertiary/aromatic N) is 2. The Morgan fingerprint density at radius 1 is 1.61 bits per heavy atom. The number of hydrogen-bond acceptors (Lipinski definition) is 4. The predicted octanol–water partition coefficient (Wildman–Crippen LogP) is 1.32. The summed E-state index contributed by atoms with van der Waals surface area (Å²) in [6, 6.07) is -0.227. The molecule has 2 heterocycles. The molecule has 0 spiro atoms. The third-order valence-electron chi connectivity index (χ3n) is 3.39. The van der Waals surface area contributed by atoms with Crippen LogP contribution in [0.25, 0.3) is 0 Å². The average molecular weight is 268 g/mol. The van der Waals surface area contributed by atoms with E-state index in [1.54, 1.807) is 11.8 Å². The van der Waals surface area contributed by atoms with Gasteiger partial charge in [0.2, 0.25) is 5.91 Å². The van der Waals surface area contributed by atoms with Crippen molar-refractivity contribution in [3.05, 3.63) is 16.1 Å². The van der Waals surface area contributed by atoms with Crippen LogP contribution in [0.4, 0.5) is 0 Å². The zero-order chi connectivity index (χ0) is 13.3. The van der Waals surface area contributed by atoms with Gasteiger partial charge < -0.3 is 10.0 Å². The van der Waals surface area contributed by atoms with Gasteiger partial charge in [-0.15, -0.1) is 11.3 Å². The third-order valence-corrected chi connectivity index (χ3v) is 4.21. The highest BCUT2D eigenvalue weighted by molar-refractivity contribution is 7.09. The largest absolute Gasteiger partial charge is 0.481 e. The van der Waals surface area contributed by atoms with Crippen molar-refractivity contribution in [2.45, 2.75) is 32.7 Å². The summed E-state index contributed by atoms with van der Waals surface area (Å²) in [4.78, 5) is 29.0. The number of carboxylic acids is 1. The van der Waals surface area contributed by atoms with Crippen molar-refractivity contribution in [1.29, 1.82) is 0 Å². The Morgan fingerprint density at radius 2 is 2.33 bits per heavy atom. The first-order valence-corrected chi connectivity index (χ1v) is 6.80. The van der Waals surface area contributed by atoms with E-state index >= 15 is 0 Å². The van der Waals surface area contributed by atoms with Crippen molar-refractivity contribution >= 4 is 23.2 Å². The first kappa shape index (κ1) is 13.0. The van der Waals surface area contributed by atoms with E-state index in [9.17, 15) is 9.59 Å². The van der Waals surface area contributed by atoms with Crippen LogP contribution in [0.5, 0.6) is 0 Å². The number of aliphatic carboxylic acids is 1. The second-order valence-corrected chi connectivity index (χ2v) is 5.66. The van der Waals surface area contributed by atoms with Gasteiger partial charge in [-0.2, -0.15) is 0 Å². The number of thiazole rings is 1. The van der Waals surface area contributed by atoms with Crippen LogP contribution in [0.1, 0.15) is 24.0 Å². The molecule has 1 aliphatic rings. The third kappa shape index (κ3) is 2.53. The van der Waals surface area contributed by atoms with Crippen molar-refractivity contribution in [2.24, 2.45) is 5.92 Å². The van der Waals surface area contributed by atoms with Crippen LogP contribution in [0.3, 0.4) is 0 Å². The van der Waals surface area contributed by atoms with Gasteiger partial charge in [0.1, 0.15) is 0 Å². The van der Waals surface area contributed by atoms with E-state index in [2.05, 4.69) is 4.98 Å². The molecule has 0 bridgehead atoms. The number of amides is 1. The molecule has 18 heavy (non-hydrogen) atoms. The van der Waals surface area contributed by atoms with Crippen LogP contribution in [-0.4, -0.2) is 39.5 Å². The van der Waals surface area contributed by atoms with Crippen molar-refractivity contribution < 1.29 is 14.7 Å². The topological polar surface area (TPSA) is 70.5 Å². The van der Waals surface area contributed by atoms with Gasteiger partial charge in [-0.3, -0.25) is 9.59 Å². The second kappa shape index (κ2) is 5.06. The van der Waals surface area contributed by atoms with E-state index in [0.717, 1.165) is 10.7 Å². The lowest BCUT2D eigenvalue weighted by Gasteiger charge is -2.22. The zero-order valence-corrected chi connectivity index (χ0v) is 11.2. The molecule has 0 aromatic carbocycles. The van der Waals surface area contributed by atoms with Crippen molar-refractivity contribution in [3.8, 4) is 0 Å². The Kier molecular flexibility index (Phi) is 3.65. The van der Waals surface area contributed by atoms with Crippen LogP contribution < -0.4 is 0 Å². The smallest absolute Gasteiger partial charge is 0.308 e. The molecule has 1 fully saturated rings. The van der Waals surface area contributed by atoms with E-state index in [1.807, 2.05) is 12.3 Å². The van der Waals surface area contributed by atoms with E-state index in [-0.39, 0.29) is 18.4 Å². The minimum absolute atomic E-state index is 0.0310. The van der Waals surface area contributed by atoms with E-state index in [0.29, 0.717) is 13.0 Å². The SMILES string of the molecule is Cc1nc(CC(=O)N2CCC(C(=O)O)C2C)cs1. The van der Waals surface area contributed by atoms with E-state index in [4.69, 9.17) is 5.11 Å². The molecule has 5 nitrogen and oxygen atoms in total. The quantitative estimate of drug-likeness (QED) is 0.897. The lowest BCUT2D eigenvalue weighted by Crippen LogP contribution is -2.38. The zero-order valence-electron chi connectivity index (χ0n) is 10.4. The van der Waals surface area contributed by atoms with Gasteiger partial charge in [0.25, 0.3) is 0 Å². The molecule has 1 amide bonds. The molecule has 2 unspecified atom stereocenters. The highest BCUT2D eigenvalue weighted by Gasteiger charge is 2.37. The number of carbonyl (C=O) groups excluding carboxylic acids is 1. The molecule has 6 heteroatoms. The number of rotatable bonds is 3. The lowest BCUT2D eigenvalue weighted by atomic mass is 10.0. The summed E-state index contributed by atoms with van der Waals surface area (Å²) in [7, 11) is 0. The average Bonchev–Trinajstić information content (AvgIpc) is 2.85. The molecule has 1 saturated heterocycles. The molecule has 1 aromatic rings. The summed E-state index contributed by atoms with van der Waals surface area (Å²) < 4.78 is 0. The Bertz CT molecular complexity index is 472. The minimum Gasteiger partial charge on any atom is -0.481 e.